The quantitative estimate of drug-likeness (QED) is 0.809. The topological polar surface area (TPSA) is 52.6 Å². The van der Waals surface area contributed by atoms with Crippen molar-refractivity contribution in [2.24, 2.45) is 0 Å². The molecule has 1 rings (SSSR count). The molecule has 0 aliphatic carbocycles. The number of nitrogens with zero attached hydrogens (tertiary/aromatic N) is 1. The summed E-state index contributed by atoms with van der Waals surface area (Å²) in [6, 6.07) is 7.63. The molecule has 0 heterocycles. The summed E-state index contributed by atoms with van der Waals surface area (Å²) in [5.74, 6) is -0.816. The number of aliphatic carboxylic acids is 1. The monoisotopic (exact) mass is 250 g/mol. The number of carboxylic acid groups (broad SMARTS) is 1. The molecule has 0 fully saturated rings. The van der Waals surface area contributed by atoms with Gasteiger partial charge in [0.05, 0.1) is 0 Å². The summed E-state index contributed by atoms with van der Waals surface area (Å²) < 4.78 is 0. The Hall–Kier alpha value is -1.55. The second-order valence-corrected chi connectivity index (χ2v) is 4.93. The molecule has 0 radical (unpaired) electrons. The van der Waals surface area contributed by atoms with Gasteiger partial charge in [-0.05, 0) is 24.6 Å². The fourth-order valence-corrected chi connectivity index (χ4v) is 1.85. The van der Waals surface area contributed by atoms with Gasteiger partial charge in [-0.2, -0.15) is 0 Å². The molecule has 0 saturated carbocycles. The van der Waals surface area contributed by atoms with Gasteiger partial charge in [-0.15, -0.1) is 0 Å². The molecule has 0 aromatic heterocycles. The van der Waals surface area contributed by atoms with Crippen LogP contribution in [0.5, 0.6) is 0 Å². The highest BCUT2D eigenvalue weighted by Gasteiger charge is 2.20. The molecule has 0 saturated heterocycles. The zero-order valence-corrected chi connectivity index (χ0v) is 11.5. The predicted octanol–water partition coefficient (Wildman–Crippen LogP) is 1.88. The van der Waals surface area contributed by atoms with Crippen molar-refractivity contribution in [2.45, 2.75) is 32.9 Å². The maximum absolute atomic E-state index is 11.2. The molecule has 2 N–H and O–H groups in total. The second kappa shape index (κ2) is 6.40. The lowest BCUT2D eigenvalue weighted by Crippen LogP contribution is -2.47. The first-order chi connectivity index (χ1) is 8.40. The molecule has 4 heteroatoms. The molecule has 4 nitrogen and oxygen atoms in total. The number of benzene rings is 1. The summed E-state index contributed by atoms with van der Waals surface area (Å²) in [7, 11) is 1.91. The van der Waals surface area contributed by atoms with Gasteiger partial charge >= 0.3 is 5.97 Å². The minimum absolute atomic E-state index is 0.150. The Morgan fingerprint density at radius 1 is 1.44 bits per heavy atom. The van der Waals surface area contributed by atoms with E-state index in [0.717, 1.165) is 5.69 Å². The molecule has 0 amide bonds. The van der Waals surface area contributed by atoms with Crippen LogP contribution in [0.1, 0.15) is 19.4 Å². The minimum Gasteiger partial charge on any atom is -0.480 e. The molecule has 0 bridgehead atoms. The summed E-state index contributed by atoms with van der Waals surface area (Å²) in [5, 5.41) is 12.2. The Kier molecular flexibility index (Phi) is 5.16. The normalized spacial score (nSPS) is 12.5. The number of carbonyl (C=O) groups is 1. The molecule has 18 heavy (non-hydrogen) atoms. The Labute approximate surface area is 109 Å². The number of rotatable bonds is 6. The second-order valence-electron chi connectivity index (χ2n) is 4.93. The first-order valence-electron chi connectivity index (χ1n) is 6.17. The van der Waals surface area contributed by atoms with Gasteiger partial charge < -0.3 is 15.3 Å². The van der Waals surface area contributed by atoms with Gasteiger partial charge in [-0.1, -0.05) is 26.0 Å². The third-order valence-corrected chi connectivity index (χ3v) is 2.73. The summed E-state index contributed by atoms with van der Waals surface area (Å²) in [6.07, 6.45) is 0. The standard InChI is InChI=1S/C14H22N2O2/c1-10(2)15-13(14(17)18)9-16(4)12-7-5-6-11(3)8-12/h5-8,10,13,15H,9H2,1-4H3,(H,17,18). The van der Waals surface area contributed by atoms with Gasteiger partial charge in [0, 0.05) is 25.3 Å². The van der Waals surface area contributed by atoms with E-state index in [1.165, 1.54) is 5.56 Å². The molecule has 0 aliphatic heterocycles. The number of hydrogen-bond donors (Lipinski definition) is 2. The molecule has 1 unspecified atom stereocenters. The van der Waals surface area contributed by atoms with Crippen LogP contribution in [0, 0.1) is 6.92 Å². The maximum Gasteiger partial charge on any atom is 0.322 e. The summed E-state index contributed by atoms with van der Waals surface area (Å²) in [6.45, 7) is 6.36. The van der Waals surface area contributed by atoms with E-state index >= 15 is 0 Å². The van der Waals surface area contributed by atoms with Crippen molar-refractivity contribution in [3.05, 3.63) is 29.8 Å². The average molecular weight is 250 g/mol. The van der Waals surface area contributed by atoms with Gasteiger partial charge in [0.25, 0.3) is 0 Å². The van der Waals surface area contributed by atoms with E-state index < -0.39 is 12.0 Å². The molecule has 0 aliphatic rings. The van der Waals surface area contributed by atoms with Crippen molar-refractivity contribution < 1.29 is 9.90 Å². The summed E-state index contributed by atoms with van der Waals surface area (Å²) >= 11 is 0. The molecule has 100 valence electrons. The van der Waals surface area contributed by atoms with Crippen LogP contribution in [-0.4, -0.2) is 36.8 Å². The van der Waals surface area contributed by atoms with Crippen LogP contribution in [0.2, 0.25) is 0 Å². The van der Waals surface area contributed by atoms with E-state index in [-0.39, 0.29) is 6.04 Å². The first kappa shape index (κ1) is 14.5. The van der Waals surface area contributed by atoms with Crippen molar-refractivity contribution >= 4 is 11.7 Å². The Morgan fingerprint density at radius 2 is 2.11 bits per heavy atom. The number of anilines is 1. The van der Waals surface area contributed by atoms with Gasteiger partial charge in [-0.25, -0.2) is 0 Å². The largest absolute Gasteiger partial charge is 0.480 e. The smallest absolute Gasteiger partial charge is 0.322 e. The lowest BCUT2D eigenvalue weighted by Gasteiger charge is -2.25. The number of carboxylic acids is 1. The minimum atomic E-state index is -0.816. The van der Waals surface area contributed by atoms with Crippen molar-refractivity contribution in [2.75, 3.05) is 18.5 Å². The molecule has 0 spiro atoms. The fourth-order valence-electron chi connectivity index (χ4n) is 1.85. The lowest BCUT2D eigenvalue weighted by atomic mass is 10.2. The predicted molar refractivity (Wildman–Crippen MR) is 74.1 cm³/mol. The van der Waals surface area contributed by atoms with Crippen LogP contribution in [-0.2, 0) is 4.79 Å². The molecule has 1 aromatic carbocycles. The van der Waals surface area contributed by atoms with E-state index in [9.17, 15) is 9.90 Å². The van der Waals surface area contributed by atoms with Crippen molar-refractivity contribution in [3.8, 4) is 0 Å². The number of hydrogen-bond acceptors (Lipinski definition) is 3. The fraction of sp³-hybridized carbons (Fsp3) is 0.500. The summed E-state index contributed by atoms with van der Waals surface area (Å²) in [4.78, 5) is 13.1. The van der Waals surface area contributed by atoms with Crippen LogP contribution in [0.25, 0.3) is 0 Å². The van der Waals surface area contributed by atoms with E-state index in [0.29, 0.717) is 6.54 Å². The summed E-state index contributed by atoms with van der Waals surface area (Å²) in [5.41, 5.74) is 2.20. The van der Waals surface area contributed by atoms with Crippen LogP contribution < -0.4 is 10.2 Å². The van der Waals surface area contributed by atoms with Crippen LogP contribution in [0.3, 0.4) is 0 Å². The molecular weight excluding hydrogens is 228 g/mol. The highest BCUT2D eigenvalue weighted by atomic mass is 16.4. The zero-order valence-electron chi connectivity index (χ0n) is 11.5. The van der Waals surface area contributed by atoms with E-state index in [4.69, 9.17) is 0 Å². The van der Waals surface area contributed by atoms with Crippen LogP contribution in [0.15, 0.2) is 24.3 Å². The lowest BCUT2D eigenvalue weighted by molar-refractivity contribution is -0.139. The number of nitrogens with one attached hydrogen (secondary N) is 1. The highest BCUT2D eigenvalue weighted by molar-refractivity contribution is 5.74. The van der Waals surface area contributed by atoms with Gasteiger partial charge in [0.15, 0.2) is 0 Å². The zero-order chi connectivity index (χ0) is 13.7. The molecule has 1 atom stereocenters. The third kappa shape index (κ3) is 4.37. The van der Waals surface area contributed by atoms with Crippen LogP contribution >= 0.6 is 0 Å². The van der Waals surface area contributed by atoms with Crippen molar-refractivity contribution in [3.63, 3.8) is 0 Å². The number of likely N-dealkylation sites (N-methyl/N-ethyl adjacent to an activating group) is 1. The first-order valence-corrected chi connectivity index (χ1v) is 6.17. The average Bonchev–Trinajstić information content (AvgIpc) is 2.27. The van der Waals surface area contributed by atoms with Gasteiger partial charge in [-0.3, -0.25) is 4.79 Å². The van der Waals surface area contributed by atoms with E-state index in [1.807, 2.05) is 57.0 Å². The highest BCUT2D eigenvalue weighted by Crippen LogP contribution is 2.14. The molecule has 1 aromatic rings. The maximum atomic E-state index is 11.2. The van der Waals surface area contributed by atoms with Crippen LogP contribution in [0.4, 0.5) is 5.69 Å². The Morgan fingerprint density at radius 3 is 2.61 bits per heavy atom. The van der Waals surface area contributed by atoms with Crippen molar-refractivity contribution in [1.29, 1.82) is 0 Å². The molecular formula is C14H22N2O2. The third-order valence-electron chi connectivity index (χ3n) is 2.73. The Bertz CT molecular complexity index is 405. The van der Waals surface area contributed by atoms with E-state index in [2.05, 4.69) is 5.32 Å². The van der Waals surface area contributed by atoms with Gasteiger partial charge in [0.2, 0.25) is 0 Å². The van der Waals surface area contributed by atoms with E-state index in [1.54, 1.807) is 0 Å². The SMILES string of the molecule is Cc1cccc(N(C)CC(NC(C)C)C(=O)O)c1. The van der Waals surface area contributed by atoms with Crippen molar-refractivity contribution in [1.82, 2.24) is 5.32 Å². The Balaban J connectivity index is 2.72. The van der Waals surface area contributed by atoms with Gasteiger partial charge in [0.1, 0.15) is 6.04 Å². The number of aryl methyl sites for hydroxylation is 1.